The number of aryl methyl sites for hydroxylation is 1. The monoisotopic (exact) mass is 382 g/mol. The molecule has 1 unspecified atom stereocenters. The third kappa shape index (κ3) is 4.40. The van der Waals surface area contributed by atoms with Crippen LogP contribution in [0.25, 0.3) is 10.4 Å². The Labute approximate surface area is 158 Å². The summed E-state index contributed by atoms with van der Waals surface area (Å²) in [7, 11) is 0. The van der Waals surface area contributed by atoms with Crippen molar-refractivity contribution in [2.75, 3.05) is 19.6 Å². The minimum atomic E-state index is -0.243. The minimum Gasteiger partial charge on any atom is -0.334 e. The summed E-state index contributed by atoms with van der Waals surface area (Å²) >= 11 is 1.51. The highest BCUT2D eigenvalue weighted by Crippen LogP contribution is 2.33. The SMILES string of the molecule is CCCN(C(=O)c1cc(C)c(-c2ccc(F)cc2)s1)C1CCNC1.Cl. The summed E-state index contributed by atoms with van der Waals surface area (Å²) in [5, 5.41) is 3.34. The van der Waals surface area contributed by atoms with E-state index in [9.17, 15) is 9.18 Å². The Bertz CT molecular complexity index is 711. The van der Waals surface area contributed by atoms with Crippen LogP contribution in [0.4, 0.5) is 4.39 Å². The predicted octanol–water partition coefficient (Wildman–Crippen LogP) is 4.50. The maximum absolute atomic E-state index is 13.1. The van der Waals surface area contributed by atoms with Crippen LogP contribution in [-0.2, 0) is 0 Å². The molecule has 0 aliphatic carbocycles. The summed E-state index contributed by atoms with van der Waals surface area (Å²) in [6, 6.07) is 8.72. The van der Waals surface area contributed by atoms with E-state index in [1.165, 1.54) is 23.5 Å². The van der Waals surface area contributed by atoms with Crippen LogP contribution in [0.15, 0.2) is 30.3 Å². The first kappa shape index (κ1) is 19.9. The summed E-state index contributed by atoms with van der Waals surface area (Å²) in [4.78, 5) is 16.8. The van der Waals surface area contributed by atoms with Gasteiger partial charge in [0, 0.05) is 24.0 Å². The molecule has 3 rings (SSSR count). The quantitative estimate of drug-likeness (QED) is 0.825. The Balaban J connectivity index is 0.00000225. The zero-order valence-electron chi connectivity index (χ0n) is 14.5. The summed E-state index contributed by atoms with van der Waals surface area (Å²) in [6.07, 6.45) is 1.97. The van der Waals surface area contributed by atoms with Gasteiger partial charge in [0.1, 0.15) is 5.82 Å². The van der Waals surface area contributed by atoms with Crippen molar-refractivity contribution in [1.82, 2.24) is 10.2 Å². The fraction of sp³-hybridized carbons (Fsp3) is 0.421. The molecule has 1 aliphatic heterocycles. The molecule has 2 heterocycles. The number of benzene rings is 1. The Morgan fingerprint density at radius 2 is 2.08 bits per heavy atom. The van der Waals surface area contributed by atoms with Crippen LogP contribution in [0.5, 0.6) is 0 Å². The van der Waals surface area contributed by atoms with Gasteiger partial charge in [0.25, 0.3) is 5.91 Å². The molecule has 6 heteroatoms. The lowest BCUT2D eigenvalue weighted by Crippen LogP contribution is -2.41. The average Bonchev–Trinajstić information content (AvgIpc) is 3.23. The zero-order valence-corrected chi connectivity index (χ0v) is 16.2. The standard InChI is InChI=1S/C19H23FN2OS.ClH/c1-3-10-22(16-8-9-21-12-16)19(23)17-11-13(2)18(24-17)14-4-6-15(20)7-5-14;/h4-7,11,16,21H,3,8-10,12H2,1-2H3;1H. The van der Waals surface area contributed by atoms with Crippen LogP contribution in [0.2, 0.25) is 0 Å². The Hall–Kier alpha value is -1.43. The van der Waals surface area contributed by atoms with E-state index in [0.717, 1.165) is 53.4 Å². The molecule has 25 heavy (non-hydrogen) atoms. The van der Waals surface area contributed by atoms with Crippen LogP contribution in [-0.4, -0.2) is 36.5 Å². The molecular weight excluding hydrogens is 359 g/mol. The summed E-state index contributed by atoms with van der Waals surface area (Å²) in [5.41, 5.74) is 2.03. The van der Waals surface area contributed by atoms with Gasteiger partial charge in [0.15, 0.2) is 0 Å². The van der Waals surface area contributed by atoms with Crippen molar-refractivity contribution in [3.63, 3.8) is 0 Å². The Morgan fingerprint density at radius 3 is 2.68 bits per heavy atom. The fourth-order valence-corrected chi connectivity index (χ4v) is 4.35. The van der Waals surface area contributed by atoms with E-state index in [2.05, 4.69) is 12.2 Å². The van der Waals surface area contributed by atoms with Gasteiger partial charge >= 0.3 is 0 Å². The maximum atomic E-state index is 13.1. The smallest absolute Gasteiger partial charge is 0.264 e. The van der Waals surface area contributed by atoms with Gasteiger partial charge in [0.2, 0.25) is 0 Å². The number of nitrogens with zero attached hydrogens (tertiary/aromatic N) is 1. The topological polar surface area (TPSA) is 32.3 Å². The first-order valence-corrected chi connectivity index (χ1v) is 9.30. The van der Waals surface area contributed by atoms with E-state index in [1.807, 2.05) is 17.9 Å². The summed E-state index contributed by atoms with van der Waals surface area (Å²) in [6.45, 7) is 6.75. The van der Waals surface area contributed by atoms with E-state index in [-0.39, 0.29) is 30.2 Å². The lowest BCUT2D eigenvalue weighted by atomic mass is 10.1. The molecule has 136 valence electrons. The third-order valence-corrected chi connectivity index (χ3v) is 5.71. The number of carbonyl (C=O) groups is 1. The van der Waals surface area contributed by atoms with Gasteiger partial charge in [0.05, 0.1) is 4.88 Å². The van der Waals surface area contributed by atoms with Crippen molar-refractivity contribution in [3.05, 3.63) is 46.6 Å². The molecule has 1 atom stereocenters. The number of carbonyl (C=O) groups excluding carboxylic acids is 1. The van der Waals surface area contributed by atoms with Crippen molar-refractivity contribution < 1.29 is 9.18 Å². The highest BCUT2D eigenvalue weighted by molar-refractivity contribution is 7.17. The number of hydrogen-bond acceptors (Lipinski definition) is 3. The van der Waals surface area contributed by atoms with Crippen molar-refractivity contribution in [1.29, 1.82) is 0 Å². The van der Waals surface area contributed by atoms with Crippen molar-refractivity contribution in [2.45, 2.75) is 32.7 Å². The summed E-state index contributed by atoms with van der Waals surface area (Å²) < 4.78 is 13.1. The van der Waals surface area contributed by atoms with Crippen LogP contribution in [0.3, 0.4) is 0 Å². The number of nitrogens with one attached hydrogen (secondary N) is 1. The lowest BCUT2D eigenvalue weighted by molar-refractivity contribution is 0.0697. The Kier molecular flexibility index (Phi) is 6.99. The van der Waals surface area contributed by atoms with Gasteiger partial charge < -0.3 is 10.2 Å². The molecule has 1 aromatic carbocycles. The molecule has 1 aliphatic rings. The van der Waals surface area contributed by atoms with E-state index < -0.39 is 0 Å². The van der Waals surface area contributed by atoms with Crippen LogP contribution >= 0.6 is 23.7 Å². The molecule has 1 saturated heterocycles. The molecule has 3 nitrogen and oxygen atoms in total. The normalized spacial score (nSPS) is 16.5. The molecule has 0 spiro atoms. The third-order valence-electron chi connectivity index (χ3n) is 4.44. The van der Waals surface area contributed by atoms with Crippen LogP contribution in [0, 0.1) is 12.7 Å². The van der Waals surface area contributed by atoms with Gasteiger partial charge in [-0.1, -0.05) is 19.1 Å². The molecule has 0 radical (unpaired) electrons. The first-order valence-electron chi connectivity index (χ1n) is 8.48. The highest BCUT2D eigenvalue weighted by atomic mass is 35.5. The van der Waals surface area contributed by atoms with Gasteiger partial charge in [-0.3, -0.25) is 4.79 Å². The van der Waals surface area contributed by atoms with Gasteiger partial charge in [-0.05, 0) is 55.6 Å². The molecule has 1 fully saturated rings. The fourth-order valence-electron chi connectivity index (χ4n) is 3.21. The summed E-state index contributed by atoms with van der Waals surface area (Å²) in [5.74, 6) is -0.126. The Morgan fingerprint density at radius 1 is 1.36 bits per heavy atom. The van der Waals surface area contributed by atoms with Crippen molar-refractivity contribution in [2.24, 2.45) is 0 Å². The lowest BCUT2D eigenvalue weighted by Gasteiger charge is -2.27. The van der Waals surface area contributed by atoms with Crippen molar-refractivity contribution in [3.8, 4) is 10.4 Å². The number of halogens is 2. The van der Waals surface area contributed by atoms with Gasteiger partial charge in [-0.25, -0.2) is 4.39 Å². The number of rotatable bonds is 5. The second-order valence-electron chi connectivity index (χ2n) is 6.27. The second kappa shape index (κ2) is 8.79. The average molecular weight is 383 g/mol. The predicted molar refractivity (Wildman–Crippen MR) is 104 cm³/mol. The zero-order chi connectivity index (χ0) is 17.1. The van der Waals surface area contributed by atoms with E-state index in [1.54, 1.807) is 12.1 Å². The van der Waals surface area contributed by atoms with E-state index in [0.29, 0.717) is 0 Å². The number of thiophene rings is 1. The van der Waals surface area contributed by atoms with E-state index in [4.69, 9.17) is 0 Å². The highest BCUT2D eigenvalue weighted by Gasteiger charge is 2.28. The molecule has 0 saturated carbocycles. The molecule has 2 aromatic rings. The van der Waals surface area contributed by atoms with E-state index >= 15 is 0 Å². The van der Waals surface area contributed by atoms with Gasteiger partial charge in [-0.2, -0.15) is 0 Å². The molecule has 0 bridgehead atoms. The molecule has 1 N–H and O–H groups in total. The molecule has 1 aromatic heterocycles. The molecular formula is C19H24ClFN2OS. The van der Waals surface area contributed by atoms with Crippen LogP contribution < -0.4 is 5.32 Å². The largest absolute Gasteiger partial charge is 0.334 e. The van der Waals surface area contributed by atoms with Crippen molar-refractivity contribution >= 4 is 29.7 Å². The maximum Gasteiger partial charge on any atom is 0.264 e. The molecule has 1 amide bonds. The van der Waals surface area contributed by atoms with Gasteiger partial charge in [-0.15, -0.1) is 23.7 Å². The number of hydrogen-bond donors (Lipinski definition) is 1. The number of amides is 1. The minimum absolute atomic E-state index is 0. The second-order valence-corrected chi connectivity index (χ2v) is 7.33. The first-order chi connectivity index (χ1) is 11.6. The van der Waals surface area contributed by atoms with Crippen LogP contribution in [0.1, 0.15) is 35.0 Å².